The Morgan fingerprint density at radius 3 is 2.67 bits per heavy atom. The van der Waals surface area contributed by atoms with Crippen molar-refractivity contribution in [1.29, 1.82) is 0 Å². The number of aromatic nitrogens is 1. The molecule has 4 rings (SSSR count). The second-order valence-electron chi connectivity index (χ2n) is 6.16. The van der Waals surface area contributed by atoms with Crippen molar-refractivity contribution in [3.05, 3.63) is 64.9 Å². The summed E-state index contributed by atoms with van der Waals surface area (Å²) in [5.41, 5.74) is 1.89. The summed E-state index contributed by atoms with van der Waals surface area (Å²) in [5, 5.41) is 0.854. The predicted molar refractivity (Wildman–Crippen MR) is 102 cm³/mol. The first kappa shape index (κ1) is 18.1. The molecule has 2 heterocycles. The monoisotopic (exact) mass is 404 g/mol. The first-order valence-electron chi connectivity index (χ1n) is 8.36. The van der Waals surface area contributed by atoms with Crippen LogP contribution in [0.25, 0.3) is 10.6 Å². The van der Waals surface area contributed by atoms with Gasteiger partial charge in [0.2, 0.25) is 10.0 Å². The topological polar surface area (TPSA) is 59.5 Å². The first-order valence-corrected chi connectivity index (χ1v) is 10.6. The van der Waals surface area contributed by atoms with Crippen LogP contribution >= 0.6 is 11.3 Å². The highest BCUT2D eigenvalue weighted by molar-refractivity contribution is 7.89. The number of methoxy groups -OCH3 is 1. The number of hydrogen-bond donors (Lipinski definition) is 0. The van der Waals surface area contributed by atoms with E-state index in [1.807, 2.05) is 24.3 Å². The van der Waals surface area contributed by atoms with Gasteiger partial charge in [-0.15, -0.1) is 11.3 Å². The third kappa shape index (κ3) is 3.47. The molecule has 0 radical (unpaired) electrons. The third-order valence-corrected chi connectivity index (χ3v) is 7.44. The van der Waals surface area contributed by atoms with Crippen LogP contribution < -0.4 is 4.74 Å². The van der Waals surface area contributed by atoms with E-state index in [-0.39, 0.29) is 11.4 Å². The van der Waals surface area contributed by atoms with Crippen LogP contribution in [-0.4, -0.2) is 31.4 Å². The molecule has 1 aromatic heterocycles. The summed E-state index contributed by atoms with van der Waals surface area (Å²) in [5.74, 6) is 0.209. The lowest BCUT2D eigenvalue weighted by Gasteiger charge is -2.25. The van der Waals surface area contributed by atoms with Gasteiger partial charge in [-0.25, -0.2) is 17.8 Å². The lowest BCUT2D eigenvalue weighted by atomic mass is 10.2. The van der Waals surface area contributed by atoms with Crippen molar-refractivity contribution < 1.29 is 17.5 Å². The Labute approximate surface area is 161 Å². The van der Waals surface area contributed by atoms with E-state index in [0.29, 0.717) is 13.0 Å². The fraction of sp³-hybridized carbons (Fsp3) is 0.211. The maximum absolute atomic E-state index is 13.4. The lowest BCUT2D eigenvalue weighted by molar-refractivity contribution is 0.392. The standard InChI is InChI=1S/C19H17FN2O3S2/c1-25-15-7-5-13(6-8-15)19-21-17-9-10-22(12-18(17)26-19)27(23,24)16-4-2-3-14(20)11-16/h2-8,11H,9-10,12H2,1H3. The smallest absolute Gasteiger partial charge is 0.243 e. The molecule has 0 fully saturated rings. The summed E-state index contributed by atoms with van der Waals surface area (Å²) in [6, 6.07) is 12.7. The maximum Gasteiger partial charge on any atom is 0.243 e. The Hall–Kier alpha value is -2.29. The zero-order valence-electron chi connectivity index (χ0n) is 14.6. The highest BCUT2D eigenvalue weighted by Gasteiger charge is 2.30. The number of thiazole rings is 1. The largest absolute Gasteiger partial charge is 0.497 e. The summed E-state index contributed by atoms with van der Waals surface area (Å²) in [7, 11) is -2.12. The summed E-state index contributed by atoms with van der Waals surface area (Å²) in [6.45, 7) is 0.583. The Bertz CT molecular complexity index is 1080. The van der Waals surface area contributed by atoms with Crippen LogP contribution in [0.1, 0.15) is 10.6 Å². The molecule has 0 aliphatic carbocycles. The van der Waals surface area contributed by atoms with E-state index < -0.39 is 15.8 Å². The number of halogens is 1. The molecule has 0 N–H and O–H groups in total. The zero-order chi connectivity index (χ0) is 19.0. The molecule has 3 aromatic rings. The van der Waals surface area contributed by atoms with Gasteiger partial charge in [0.05, 0.1) is 24.2 Å². The van der Waals surface area contributed by atoms with E-state index >= 15 is 0 Å². The average Bonchev–Trinajstić information content (AvgIpc) is 3.11. The van der Waals surface area contributed by atoms with Crippen LogP contribution in [0.2, 0.25) is 0 Å². The van der Waals surface area contributed by atoms with Gasteiger partial charge in [0, 0.05) is 23.4 Å². The molecule has 0 atom stereocenters. The van der Waals surface area contributed by atoms with E-state index in [0.717, 1.165) is 33.0 Å². The van der Waals surface area contributed by atoms with E-state index in [9.17, 15) is 12.8 Å². The molecule has 0 saturated heterocycles. The minimum Gasteiger partial charge on any atom is -0.497 e. The summed E-state index contributed by atoms with van der Waals surface area (Å²) in [6.07, 6.45) is 0.538. The van der Waals surface area contributed by atoms with Gasteiger partial charge in [-0.1, -0.05) is 6.07 Å². The third-order valence-electron chi connectivity index (χ3n) is 4.47. The Morgan fingerprint density at radius 1 is 1.19 bits per heavy atom. The number of rotatable bonds is 4. The van der Waals surface area contributed by atoms with Gasteiger partial charge >= 0.3 is 0 Å². The normalized spacial score (nSPS) is 14.7. The molecule has 1 aliphatic heterocycles. The molecular formula is C19H17FN2O3S2. The van der Waals surface area contributed by atoms with Gasteiger partial charge in [0.15, 0.2) is 0 Å². The van der Waals surface area contributed by atoms with Crippen molar-refractivity contribution in [2.24, 2.45) is 0 Å². The lowest BCUT2D eigenvalue weighted by Crippen LogP contribution is -2.35. The molecule has 1 aliphatic rings. The molecular weight excluding hydrogens is 387 g/mol. The van der Waals surface area contributed by atoms with Gasteiger partial charge in [-0.05, 0) is 42.5 Å². The minimum absolute atomic E-state index is 0.0224. The molecule has 0 saturated carbocycles. The number of sulfonamides is 1. The van der Waals surface area contributed by atoms with Crippen molar-refractivity contribution in [2.45, 2.75) is 17.9 Å². The highest BCUT2D eigenvalue weighted by Crippen LogP contribution is 2.34. The van der Waals surface area contributed by atoms with Crippen molar-refractivity contribution in [1.82, 2.24) is 9.29 Å². The van der Waals surface area contributed by atoms with Gasteiger partial charge in [0.25, 0.3) is 0 Å². The SMILES string of the molecule is COc1ccc(-c2nc3c(s2)CN(S(=O)(=O)c2cccc(F)c2)CC3)cc1. The highest BCUT2D eigenvalue weighted by atomic mass is 32.2. The van der Waals surface area contributed by atoms with Crippen LogP contribution in [0.5, 0.6) is 5.75 Å². The molecule has 0 bridgehead atoms. The summed E-state index contributed by atoms with van der Waals surface area (Å²) in [4.78, 5) is 5.58. The van der Waals surface area contributed by atoms with Crippen molar-refractivity contribution in [3.8, 4) is 16.3 Å². The minimum atomic E-state index is -3.74. The fourth-order valence-electron chi connectivity index (χ4n) is 3.01. The summed E-state index contributed by atoms with van der Waals surface area (Å²) < 4.78 is 45.7. The number of nitrogens with zero attached hydrogens (tertiary/aromatic N) is 2. The van der Waals surface area contributed by atoms with Gasteiger partial charge in [-0.3, -0.25) is 0 Å². The molecule has 2 aromatic carbocycles. The average molecular weight is 404 g/mol. The van der Waals surface area contributed by atoms with Crippen molar-refractivity contribution in [3.63, 3.8) is 0 Å². The van der Waals surface area contributed by atoms with Crippen LogP contribution in [0.15, 0.2) is 53.4 Å². The summed E-state index contributed by atoms with van der Waals surface area (Å²) >= 11 is 1.49. The van der Waals surface area contributed by atoms with Gasteiger partial charge < -0.3 is 4.74 Å². The van der Waals surface area contributed by atoms with Crippen LogP contribution in [0.4, 0.5) is 4.39 Å². The van der Waals surface area contributed by atoms with Crippen LogP contribution in [0, 0.1) is 5.82 Å². The van der Waals surface area contributed by atoms with Gasteiger partial charge in [-0.2, -0.15) is 4.31 Å². The first-order chi connectivity index (χ1) is 13.0. The number of hydrogen-bond acceptors (Lipinski definition) is 5. The second-order valence-corrected chi connectivity index (χ2v) is 9.18. The molecule has 27 heavy (non-hydrogen) atoms. The predicted octanol–water partition coefficient (Wildman–Crippen LogP) is 3.70. The van der Waals surface area contributed by atoms with E-state index in [2.05, 4.69) is 4.98 Å². The number of benzene rings is 2. The van der Waals surface area contributed by atoms with Crippen LogP contribution in [0.3, 0.4) is 0 Å². The molecule has 8 heteroatoms. The zero-order valence-corrected chi connectivity index (χ0v) is 16.2. The fourth-order valence-corrected chi connectivity index (χ4v) is 5.66. The molecule has 0 unspecified atom stereocenters. The van der Waals surface area contributed by atoms with E-state index in [1.54, 1.807) is 7.11 Å². The Kier molecular flexibility index (Phi) is 4.71. The van der Waals surface area contributed by atoms with Crippen molar-refractivity contribution >= 4 is 21.4 Å². The Balaban J connectivity index is 1.61. The molecule has 140 valence electrons. The molecule has 5 nitrogen and oxygen atoms in total. The number of ether oxygens (including phenoxy) is 1. The van der Waals surface area contributed by atoms with Crippen LogP contribution in [-0.2, 0) is 23.0 Å². The number of fused-ring (bicyclic) bond motifs is 1. The van der Waals surface area contributed by atoms with Crippen molar-refractivity contribution in [2.75, 3.05) is 13.7 Å². The molecule has 0 amide bonds. The quantitative estimate of drug-likeness (QED) is 0.665. The van der Waals surface area contributed by atoms with E-state index in [1.165, 1.54) is 33.8 Å². The Morgan fingerprint density at radius 2 is 1.96 bits per heavy atom. The maximum atomic E-state index is 13.4. The van der Waals surface area contributed by atoms with E-state index in [4.69, 9.17) is 4.74 Å². The van der Waals surface area contributed by atoms with Gasteiger partial charge in [0.1, 0.15) is 16.6 Å². The molecule has 0 spiro atoms. The second kappa shape index (κ2) is 7.03.